The molecule has 0 aromatic heterocycles. The SMILES string of the molecule is C=C1[C@@H]2O[C@@H]2[C@H]2C(C)(C)CCC[C@]2(C)[C@@]12CC[C@@](C)(CC(=O)OC)O2. The summed E-state index contributed by atoms with van der Waals surface area (Å²) >= 11 is 0. The van der Waals surface area contributed by atoms with Crippen LogP contribution in [0.2, 0.25) is 0 Å². The maximum absolute atomic E-state index is 11.9. The molecule has 0 bridgehead atoms. The second kappa shape index (κ2) is 5.10. The normalized spacial score (nSPS) is 50.3. The Labute approximate surface area is 151 Å². The molecule has 140 valence electrons. The van der Waals surface area contributed by atoms with Crippen molar-refractivity contribution in [1.82, 2.24) is 0 Å². The lowest BCUT2D eigenvalue weighted by atomic mass is 9.45. The highest BCUT2D eigenvalue weighted by Gasteiger charge is 2.74. The Morgan fingerprint density at radius 1 is 1.20 bits per heavy atom. The lowest BCUT2D eigenvalue weighted by Gasteiger charge is -2.60. The smallest absolute Gasteiger partial charge is 0.308 e. The summed E-state index contributed by atoms with van der Waals surface area (Å²) in [5.74, 6) is 0.275. The minimum Gasteiger partial charge on any atom is -0.469 e. The first-order valence-electron chi connectivity index (χ1n) is 9.70. The van der Waals surface area contributed by atoms with Crippen molar-refractivity contribution in [2.24, 2.45) is 16.7 Å². The number of carbonyl (C=O) groups is 1. The zero-order chi connectivity index (χ0) is 18.3. The molecule has 2 saturated carbocycles. The van der Waals surface area contributed by atoms with Crippen LogP contribution in [0.4, 0.5) is 0 Å². The van der Waals surface area contributed by atoms with Crippen LogP contribution in [-0.4, -0.2) is 36.5 Å². The average molecular weight is 348 g/mol. The van der Waals surface area contributed by atoms with E-state index < -0.39 is 5.60 Å². The number of esters is 1. The first-order chi connectivity index (χ1) is 11.6. The van der Waals surface area contributed by atoms with Gasteiger partial charge < -0.3 is 14.2 Å². The zero-order valence-electron chi connectivity index (χ0n) is 16.3. The molecule has 25 heavy (non-hydrogen) atoms. The van der Waals surface area contributed by atoms with Crippen molar-refractivity contribution < 1.29 is 19.0 Å². The summed E-state index contributed by atoms with van der Waals surface area (Å²) in [5.41, 5.74) is 0.507. The highest BCUT2D eigenvalue weighted by Crippen LogP contribution is 2.71. The van der Waals surface area contributed by atoms with Gasteiger partial charge >= 0.3 is 5.97 Å². The van der Waals surface area contributed by atoms with Gasteiger partial charge in [-0.15, -0.1) is 0 Å². The molecule has 0 aromatic rings. The van der Waals surface area contributed by atoms with E-state index in [4.69, 9.17) is 14.2 Å². The molecule has 0 N–H and O–H groups in total. The number of rotatable bonds is 2. The minimum atomic E-state index is -0.479. The van der Waals surface area contributed by atoms with Gasteiger partial charge in [0.05, 0.1) is 30.8 Å². The molecule has 4 rings (SSSR count). The molecule has 4 nitrogen and oxygen atoms in total. The Morgan fingerprint density at radius 2 is 1.92 bits per heavy atom. The van der Waals surface area contributed by atoms with E-state index in [0.717, 1.165) is 24.8 Å². The van der Waals surface area contributed by atoms with Crippen molar-refractivity contribution in [3.63, 3.8) is 0 Å². The minimum absolute atomic E-state index is 0.0113. The van der Waals surface area contributed by atoms with Crippen LogP contribution in [0.3, 0.4) is 0 Å². The van der Waals surface area contributed by atoms with Crippen LogP contribution in [0.5, 0.6) is 0 Å². The van der Waals surface area contributed by atoms with E-state index in [2.05, 4.69) is 34.3 Å². The van der Waals surface area contributed by atoms with E-state index in [-0.39, 0.29) is 28.5 Å². The first kappa shape index (κ1) is 17.5. The predicted molar refractivity (Wildman–Crippen MR) is 95.1 cm³/mol. The van der Waals surface area contributed by atoms with E-state index in [1.54, 1.807) is 0 Å². The van der Waals surface area contributed by atoms with Gasteiger partial charge in [-0.05, 0) is 43.6 Å². The van der Waals surface area contributed by atoms with E-state index in [0.29, 0.717) is 18.4 Å². The number of methoxy groups -OCH3 is 1. The molecule has 2 aliphatic carbocycles. The third-order valence-corrected chi connectivity index (χ3v) is 7.86. The van der Waals surface area contributed by atoms with Gasteiger partial charge in [-0.3, -0.25) is 4.79 Å². The molecular weight excluding hydrogens is 316 g/mol. The third kappa shape index (κ3) is 2.22. The lowest BCUT2D eigenvalue weighted by molar-refractivity contribution is -0.196. The van der Waals surface area contributed by atoms with Gasteiger partial charge in [0.1, 0.15) is 6.10 Å². The molecule has 2 saturated heterocycles. The average Bonchev–Trinajstić information content (AvgIpc) is 3.20. The van der Waals surface area contributed by atoms with Crippen LogP contribution in [0.25, 0.3) is 0 Å². The molecule has 1 spiro atoms. The Hall–Kier alpha value is -0.870. The standard InChI is InChI=1S/C21H32O4/c1-13-15-16(24-15)17-18(2,3)8-7-9-20(17,5)21(13)11-10-19(4,25-21)12-14(22)23-6/h15-17H,1,7-12H2,2-6H3/t15-,16-,17-,19-,20-,21+/m0/s1. The Bertz CT molecular complexity index is 625. The largest absolute Gasteiger partial charge is 0.469 e. The highest BCUT2D eigenvalue weighted by molar-refractivity contribution is 5.70. The van der Waals surface area contributed by atoms with Gasteiger partial charge in [-0.2, -0.15) is 0 Å². The van der Waals surface area contributed by atoms with Crippen molar-refractivity contribution >= 4 is 5.97 Å². The fourth-order valence-corrected chi connectivity index (χ4v) is 6.69. The van der Waals surface area contributed by atoms with Crippen LogP contribution in [0.15, 0.2) is 12.2 Å². The molecule has 4 heteroatoms. The Balaban J connectivity index is 1.73. The summed E-state index contributed by atoms with van der Waals surface area (Å²) in [6.45, 7) is 13.7. The predicted octanol–water partition coefficient (Wildman–Crippen LogP) is 4.03. The lowest BCUT2D eigenvalue weighted by Crippen LogP contribution is -2.63. The Kier molecular flexibility index (Phi) is 3.58. The molecule has 4 fully saturated rings. The highest BCUT2D eigenvalue weighted by atomic mass is 16.6. The fraction of sp³-hybridized carbons (Fsp3) is 0.857. The molecule has 2 aliphatic heterocycles. The summed E-state index contributed by atoms with van der Waals surface area (Å²) in [4.78, 5) is 11.9. The van der Waals surface area contributed by atoms with Crippen LogP contribution >= 0.6 is 0 Å². The molecule has 4 aliphatic rings. The third-order valence-electron chi connectivity index (χ3n) is 7.86. The Morgan fingerprint density at radius 3 is 2.60 bits per heavy atom. The number of carbonyl (C=O) groups excluding carboxylic acids is 1. The number of ether oxygens (including phenoxy) is 3. The summed E-state index contributed by atoms with van der Waals surface area (Å²) in [5, 5.41) is 0. The first-order valence-corrected chi connectivity index (χ1v) is 9.70. The molecule has 0 radical (unpaired) electrons. The van der Waals surface area contributed by atoms with E-state index in [1.807, 2.05) is 0 Å². The van der Waals surface area contributed by atoms with Crippen molar-refractivity contribution in [1.29, 1.82) is 0 Å². The second-order valence-electron chi connectivity index (χ2n) is 9.92. The van der Waals surface area contributed by atoms with E-state index in [9.17, 15) is 4.79 Å². The topological polar surface area (TPSA) is 48.1 Å². The summed E-state index contributed by atoms with van der Waals surface area (Å²) in [6, 6.07) is 0. The van der Waals surface area contributed by atoms with Crippen molar-refractivity contribution in [2.45, 2.75) is 89.6 Å². The van der Waals surface area contributed by atoms with Gasteiger partial charge in [0, 0.05) is 11.3 Å². The zero-order valence-corrected chi connectivity index (χ0v) is 16.3. The second-order valence-corrected chi connectivity index (χ2v) is 9.92. The number of fused-ring (bicyclic) bond motifs is 4. The molecule has 0 unspecified atom stereocenters. The fourth-order valence-electron chi connectivity index (χ4n) is 6.69. The van der Waals surface area contributed by atoms with Crippen LogP contribution in [0.1, 0.15) is 66.2 Å². The van der Waals surface area contributed by atoms with Gasteiger partial charge in [0.25, 0.3) is 0 Å². The van der Waals surface area contributed by atoms with Gasteiger partial charge in [0.2, 0.25) is 0 Å². The van der Waals surface area contributed by atoms with Gasteiger partial charge in [0.15, 0.2) is 0 Å². The quantitative estimate of drug-likeness (QED) is 0.429. The van der Waals surface area contributed by atoms with Crippen LogP contribution < -0.4 is 0 Å². The number of hydrogen-bond donors (Lipinski definition) is 0. The van der Waals surface area contributed by atoms with Crippen molar-refractivity contribution in [2.75, 3.05) is 7.11 Å². The molecule has 0 amide bonds. The van der Waals surface area contributed by atoms with Crippen LogP contribution in [0, 0.1) is 16.7 Å². The number of epoxide rings is 1. The summed E-state index contributed by atoms with van der Waals surface area (Å²) in [6.07, 6.45) is 6.12. The van der Waals surface area contributed by atoms with Crippen LogP contribution in [-0.2, 0) is 19.0 Å². The maximum Gasteiger partial charge on any atom is 0.308 e. The van der Waals surface area contributed by atoms with Crippen molar-refractivity contribution in [3.05, 3.63) is 12.2 Å². The molecular formula is C21H32O4. The summed E-state index contributed by atoms with van der Waals surface area (Å²) in [7, 11) is 1.44. The monoisotopic (exact) mass is 348 g/mol. The van der Waals surface area contributed by atoms with Crippen molar-refractivity contribution in [3.8, 4) is 0 Å². The summed E-state index contributed by atoms with van der Waals surface area (Å²) < 4.78 is 17.9. The maximum atomic E-state index is 11.9. The molecule has 0 aromatic carbocycles. The van der Waals surface area contributed by atoms with Gasteiger partial charge in [-0.1, -0.05) is 33.8 Å². The number of hydrogen-bond acceptors (Lipinski definition) is 4. The van der Waals surface area contributed by atoms with Gasteiger partial charge in [-0.25, -0.2) is 0 Å². The molecule has 2 heterocycles. The van der Waals surface area contributed by atoms with E-state index >= 15 is 0 Å². The van der Waals surface area contributed by atoms with E-state index in [1.165, 1.54) is 20.0 Å². The molecule has 6 atom stereocenters.